The average molecular weight is 240 g/mol. The van der Waals surface area contributed by atoms with E-state index in [1.165, 1.54) is 12.8 Å². The van der Waals surface area contributed by atoms with Gasteiger partial charge in [0.2, 0.25) is 0 Å². The van der Waals surface area contributed by atoms with Crippen LogP contribution in [-0.2, 0) is 4.74 Å². The molecule has 2 heteroatoms. The number of aliphatic hydroxyl groups is 1. The predicted octanol–water partition coefficient (Wildman–Crippen LogP) is 3.38. The Morgan fingerprint density at radius 3 is 2.35 bits per heavy atom. The van der Waals surface area contributed by atoms with Crippen LogP contribution in [0, 0.1) is 17.3 Å². The molecule has 0 bridgehead atoms. The van der Waals surface area contributed by atoms with Gasteiger partial charge < -0.3 is 9.84 Å². The van der Waals surface area contributed by atoms with Gasteiger partial charge in [-0.1, -0.05) is 27.7 Å². The Balaban J connectivity index is 2.00. The largest absolute Gasteiger partial charge is 0.389 e. The summed E-state index contributed by atoms with van der Waals surface area (Å²) in [6.07, 6.45) is 6.08. The maximum Gasteiger partial charge on any atom is 0.0810 e. The molecule has 1 aliphatic heterocycles. The highest BCUT2D eigenvalue weighted by atomic mass is 16.6. The minimum Gasteiger partial charge on any atom is -0.389 e. The fourth-order valence-electron chi connectivity index (χ4n) is 3.56. The first kappa shape index (κ1) is 13.4. The van der Waals surface area contributed by atoms with Crippen LogP contribution < -0.4 is 0 Å². The summed E-state index contributed by atoms with van der Waals surface area (Å²) in [6.45, 7) is 9.96. The van der Waals surface area contributed by atoms with Gasteiger partial charge in [0.25, 0.3) is 0 Å². The smallest absolute Gasteiger partial charge is 0.0810 e. The van der Waals surface area contributed by atoms with Gasteiger partial charge in [0.05, 0.1) is 18.3 Å². The van der Waals surface area contributed by atoms with Crippen LogP contribution in [-0.4, -0.2) is 23.4 Å². The highest BCUT2D eigenvalue weighted by Gasteiger charge is 2.52. The van der Waals surface area contributed by atoms with Crippen LogP contribution in [0.25, 0.3) is 0 Å². The van der Waals surface area contributed by atoms with Crippen molar-refractivity contribution in [3.8, 4) is 0 Å². The third-order valence-corrected chi connectivity index (χ3v) is 5.68. The lowest BCUT2D eigenvalue weighted by Gasteiger charge is -2.54. The first-order chi connectivity index (χ1) is 7.88. The van der Waals surface area contributed by atoms with Crippen molar-refractivity contribution in [3.63, 3.8) is 0 Å². The van der Waals surface area contributed by atoms with E-state index in [1.54, 1.807) is 0 Å². The molecule has 1 heterocycles. The minimum absolute atomic E-state index is 0.0368. The van der Waals surface area contributed by atoms with Gasteiger partial charge in [-0.05, 0) is 49.4 Å². The fraction of sp³-hybridized carbons (Fsp3) is 1.00. The second kappa shape index (κ2) is 4.55. The van der Waals surface area contributed by atoms with Gasteiger partial charge in [-0.15, -0.1) is 0 Å². The zero-order valence-electron chi connectivity index (χ0n) is 11.8. The molecule has 0 aromatic heterocycles. The summed E-state index contributed by atoms with van der Waals surface area (Å²) in [5.74, 6) is 1.04. The van der Waals surface area contributed by atoms with E-state index in [9.17, 15) is 5.11 Å². The van der Waals surface area contributed by atoms with Crippen LogP contribution in [0.15, 0.2) is 0 Å². The molecule has 0 spiro atoms. The summed E-state index contributed by atoms with van der Waals surface area (Å²) in [6, 6.07) is 0. The standard InChI is InChI=1S/C15H28O2/c1-11-7-8-12(2)15(16,14(11,3)4)9-5-6-13-10-17-13/h11-13,16H,5-10H2,1-4H3. The molecule has 1 aliphatic carbocycles. The molecule has 2 aliphatic rings. The van der Waals surface area contributed by atoms with Gasteiger partial charge in [0, 0.05) is 0 Å². The monoisotopic (exact) mass is 240 g/mol. The van der Waals surface area contributed by atoms with Crippen molar-refractivity contribution in [2.45, 2.75) is 71.5 Å². The molecule has 0 amide bonds. The maximum atomic E-state index is 11.1. The molecule has 4 atom stereocenters. The van der Waals surface area contributed by atoms with E-state index in [0.717, 1.165) is 25.9 Å². The van der Waals surface area contributed by atoms with E-state index >= 15 is 0 Å². The second-order valence-electron chi connectivity index (χ2n) is 6.87. The lowest BCUT2D eigenvalue weighted by Crippen LogP contribution is -2.55. The normalized spacial score (nSPS) is 44.6. The van der Waals surface area contributed by atoms with Crippen LogP contribution in [0.1, 0.15) is 59.8 Å². The van der Waals surface area contributed by atoms with Gasteiger partial charge in [0.1, 0.15) is 0 Å². The third-order valence-electron chi connectivity index (χ3n) is 5.68. The van der Waals surface area contributed by atoms with E-state index < -0.39 is 5.60 Å². The van der Waals surface area contributed by atoms with E-state index in [4.69, 9.17) is 4.74 Å². The summed E-state index contributed by atoms with van der Waals surface area (Å²) in [4.78, 5) is 0. The lowest BCUT2D eigenvalue weighted by molar-refractivity contribution is -0.162. The third kappa shape index (κ3) is 2.39. The first-order valence-corrected chi connectivity index (χ1v) is 7.22. The summed E-state index contributed by atoms with van der Waals surface area (Å²) in [5, 5.41) is 11.1. The van der Waals surface area contributed by atoms with Crippen molar-refractivity contribution in [1.29, 1.82) is 0 Å². The minimum atomic E-state index is -0.487. The Hall–Kier alpha value is -0.0800. The Labute approximate surface area is 106 Å². The number of hydrogen-bond donors (Lipinski definition) is 1. The van der Waals surface area contributed by atoms with Crippen molar-refractivity contribution in [1.82, 2.24) is 0 Å². The molecule has 4 unspecified atom stereocenters. The highest BCUT2D eigenvalue weighted by molar-refractivity contribution is 5.02. The Bertz CT molecular complexity index is 270. The highest BCUT2D eigenvalue weighted by Crippen LogP contribution is 2.52. The van der Waals surface area contributed by atoms with Crippen LogP contribution >= 0.6 is 0 Å². The summed E-state index contributed by atoms with van der Waals surface area (Å²) < 4.78 is 5.25. The van der Waals surface area contributed by atoms with Gasteiger partial charge >= 0.3 is 0 Å². The summed E-state index contributed by atoms with van der Waals surface area (Å²) in [5.41, 5.74) is -0.450. The van der Waals surface area contributed by atoms with Gasteiger partial charge in [0.15, 0.2) is 0 Å². The predicted molar refractivity (Wildman–Crippen MR) is 69.9 cm³/mol. The maximum absolute atomic E-state index is 11.1. The first-order valence-electron chi connectivity index (χ1n) is 7.22. The average Bonchev–Trinajstić information content (AvgIpc) is 3.06. The lowest BCUT2D eigenvalue weighted by atomic mass is 9.55. The van der Waals surface area contributed by atoms with Crippen LogP contribution in [0.2, 0.25) is 0 Å². The van der Waals surface area contributed by atoms with Crippen molar-refractivity contribution >= 4 is 0 Å². The van der Waals surface area contributed by atoms with Crippen molar-refractivity contribution in [2.24, 2.45) is 17.3 Å². The second-order valence-corrected chi connectivity index (χ2v) is 6.87. The Morgan fingerprint density at radius 2 is 1.76 bits per heavy atom. The fourth-order valence-corrected chi connectivity index (χ4v) is 3.56. The zero-order chi connectivity index (χ0) is 12.7. The molecule has 0 aromatic carbocycles. The number of epoxide rings is 1. The Morgan fingerprint density at radius 1 is 1.18 bits per heavy atom. The molecular weight excluding hydrogens is 212 g/mol. The SMILES string of the molecule is CC1CCC(C)C(O)(CCCC2CO2)C1(C)C. The Kier molecular flexibility index (Phi) is 3.57. The van der Waals surface area contributed by atoms with E-state index in [2.05, 4.69) is 27.7 Å². The molecular formula is C15H28O2. The van der Waals surface area contributed by atoms with Crippen molar-refractivity contribution in [3.05, 3.63) is 0 Å². The van der Waals surface area contributed by atoms with E-state index in [0.29, 0.717) is 17.9 Å². The molecule has 17 heavy (non-hydrogen) atoms. The number of ether oxygens (including phenoxy) is 1. The van der Waals surface area contributed by atoms with Crippen molar-refractivity contribution < 1.29 is 9.84 Å². The summed E-state index contributed by atoms with van der Waals surface area (Å²) in [7, 11) is 0. The van der Waals surface area contributed by atoms with Crippen molar-refractivity contribution in [2.75, 3.05) is 6.61 Å². The number of rotatable bonds is 4. The van der Waals surface area contributed by atoms with Gasteiger partial charge in [-0.3, -0.25) is 0 Å². The van der Waals surface area contributed by atoms with Gasteiger partial charge in [-0.25, -0.2) is 0 Å². The van der Waals surface area contributed by atoms with Gasteiger partial charge in [-0.2, -0.15) is 0 Å². The van der Waals surface area contributed by atoms with E-state index in [1.807, 2.05) is 0 Å². The molecule has 100 valence electrons. The molecule has 0 aromatic rings. The molecule has 2 rings (SSSR count). The quantitative estimate of drug-likeness (QED) is 0.764. The molecule has 2 fully saturated rings. The molecule has 2 nitrogen and oxygen atoms in total. The topological polar surface area (TPSA) is 32.8 Å². The number of hydrogen-bond acceptors (Lipinski definition) is 2. The van der Waals surface area contributed by atoms with Crippen LogP contribution in [0.3, 0.4) is 0 Å². The molecule has 0 radical (unpaired) electrons. The van der Waals surface area contributed by atoms with E-state index in [-0.39, 0.29) is 5.41 Å². The van der Waals surface area contributed by atoms with Crippen LogP contribution in [0.4, 0.5) is 0 Å². The molecule has 1 N–H and O–H groups in total. The van der Waals surface area contributed by atoms with Crippen LogP contribution in [0.5, 0.6) is 0 Å². The molecule has 1 saturated heterocycles. The zero-order valence-corrected chi connectivity index (χ0v) is 11.8. The molecule has 1 saturated carbocycles. The summed E-state index contributed by atoms with van der Waals surface area (Å²) >= 11 is 0.